The normalized spacial score (nSPS) is 11.3. The lowest BCUT2D eigenvalue weighted by Gasteiger charge is -2.06. The Hall–Kier alpha value is -7.24. The number of aromatic nitrogens is 3. The van der Waals surface area contributed by atoms with E-state index >= 15 is 0 Å². The van der Waals surface area contributed by atoms with Gasteiger partial charge in [0.15, 0.2) is 0 Å². The Bertz CT molecular complexity index is 3150. The number of nitrogens with zero attached hydrogens (tertiary/aromatic N) is 2. The summed E-state index contributed by atoms with van der Waals surface area (Å²) in [5.74, 6) is 2.59. The van der Waals surface area contributed by atoms with Crippen molar-refractivity contribution in [2.24, 2.45) is 5.92 Å². The number of hydrogen-bond acceptors (Lipinski definition) is 2. The molecule has 1 aliphatic carbocycles. The molecule has 0 atom stereocenters. The molecule has 0 fully saturated rings. The molecule has 5 heteroatoms. The fourth-order valence-electron chi connectivity index (χ4n) is 9.15. The minimum absolute atomic E-state index is 0. The molecule has 2 aromatic heterocycles. The average Bonchev–Trinajstić information content (AvgIpc) is 4.04. The van der Waals surface area contributed by atoms with Gasteiger partial charge in [-0.25, -0.2) is 4.98 Å². The molecule has 0 spiro atoms. The van der Waals surface area contributed by atoms with Crippen LogP contribution in [0.3, 0.4) is 0 Å². The molecule has 2 N–H and O–H groups in total. The Labute approximate surface area is 425 Å². The number of benzene rings is 8. The molecule has 0 saturated carbocycles. The van der Waals surface area contributed by atoms with Gasteiger partial charge < -0.3 is 14.9 Å². The molecule has 5 nitrogen and oxygen atoms in total. The maximum Gasteiger partial charge on any atom is 0.216 e. The third-order valence-corrected chi connectivity index (χ3v) is 12.8. The van der Waals surface area contributed by atoms with Crippen LogP contribution >= 0.6 is 0 Å². The summed E-state index contributed by atoms with van der Waals surface area (Å²) in [6.45, 7) is 20.4. The zero-order valence-electron chi connectivity index (χ0n) is 43.1. The number of amides is 1. The number of aryl methyl sites for hydroxylation is 4. The lowest BCUT2D eigenvalue weighted by atomic mass is 9.99. The van der Waals surface area contributed by atoms with Crippen molar-refractivity contribution < 1.29 is 4.79 Å². The number of H-pyrrole nitrogens is 1. The first kappa shape index (κ1) is 54.7. The molecule has 2 heterocycles. The second kappa shape index (κ2) is 27.8. The lowest BCUT2D eigenvalue weighted by Crippen LogP contribution is -2.18. The van der Waals surface area contributed by atoms with Crippen LogP contribution in [0, 0.1) is 19.8 Å². The number of rotatable bonds is 6. The second-order valence-electron chi connectivity index (χ2n) is 18.5. The molecule has 0 aliphatic heterocycles. The van der Waals surface area contributed by atoms with Crippen LogP contribution in [0.2, 0.25) is 0 Å². The van der Waals surface area contributed by atoms with Crippen LogP contribution in [-0.2, 0) is 37.0 Å². The summed E-state index contributed by atoms with van der Waals surface area (Å²) in [7, 11) is 0. The van der Waals surface area contributed by atoms with E-state index in [-0.39, 0.29) is 13.3 Å². The predicted molar refractivity (Wildman–Crippen MR) is 308 cm³/mol. The van der Waals surface area contributed by atoms with Crippen molar-refractivity contribution in [3.8, 4) is 0 Å². The fourth-order valence-corrected chi connectivity index (χ4v) is 9.15. The number of hydrogen-bond donors (Lipinski definition) is 2. The highest BCUT2D eigenvalue weighted by molar-refractivity contribution is 5.86. The van der Waals surface area contributed by atoms with Crippen molar-refractivity contribution in [1.82, 2.24) is 19.9 Å². The van der Waals surface area contributed by atoms with Gasteiger partial charge in [0.1, 0.15) is 5.82 Å². The van der Waals surface area contributed by atoms with E-state index in [1.54, 1.807) is 11.1 Å². The van der Waals surface area contributed by atoms with Gasteiger partial charge in [-0.15, -0.1) is 0 Å². The molecular formula is C66H78N4O. The molecule has 0 unspecified atom stereocenters. The lowest BCUT2D eigenvalue weighted by molar-refractivity contribution is -0.118. The molecule has 8 aromatic carbocycles. The van der Waals surface area contributed by atoms with E-state index in [1.165, 1.54) is 85.7 Å². The van der Waals surface area contributed by atoms with E-state index in [2.05, 4.69) is 244 Å². The molecule has 368 valence electrons. The summed E-state index contributed by atoms with van der Waals surface area (Å²) >= 11 is 0. The molecular weight excluding hydrogens is 865 g/mol. The average molecular weight is 943 g/mol. The van der Waals surface area contributed by atoms with Crippen molar-refractivity contribution in [3.05, 3.63) is 233 Å². The standard InChI is InChI=1S/C15H14N2.C13H14.C12H12.C11H13N.C10H12.C4H9NO.CH4/c1-12-16-14-9-5-6-10-15(14)17(12)11-13-7-3-2-4-8-13;1-10(2)12-8-7-11-5-3-4-6-13(11)9-12;1-2-10-7-5-8-11-6-3-4-9-12(10)11;1-3-9-8(2)12-11-7-5-4-6-10(9)11;1-8-6-9-4-2-3-5-10(9)7-8;1-3-5-4(2)6;/h2-10H,11H2,1H3;3-10H,1-2H3;3-9H,2H2,1H3;4-7,12H,3H2,1-2H3;2-5,8H,6-7H2,1H3;3H2,1-2H3,(H,5,6);1H4. The van der Waals surface area contributed by atoms with Crippen LogP contribution in [0.1, 0.15) is 107 Å². The Morgan fingerprint density at radius 3 is 1.86 bits per heavy atom. The highest BCUT2D eigenvalue weighted by Crippen LogP contribution is 2.26. The van der Waals surface area contributed by atoms with Gasteiger partial charge in [-0.2, -0.15) is 0 Å². The predicted octanol–water partition coefficient (Wildman–Crippen LogP) is 17.0. The summed E-state index contributed by atoms with van der Waals surface area (Å²) in [4.78, 5) is 17.9. The highest BCUT2D eigenvalue weighted by Gasteiger charge is 2.15. The maximum absolute atomic E-state index is 9.93. The zero-order valence-corrected chi connectivity index (χ0v) is 43.1. The topological polar surface area (TPSA) is 62.7 Å². The minimum atomic E-state index is 0. The molecule has 0 saturated heterocycles. The van der Waals surface area contributed by atoms with E-state index in [4.69, 9.17) is 0 Å². The Morgan fingerprint density at radius 2 is 1.23 bits per heavy atom. The van der Waals surface area contributed by atoms with Gasteiger partial charge in [-0.05, 0) is 131 Å². The van der Waals surface area contributed by atoms with Gasteiger partial charge in [0.25, 0.3) is 0 Å². The van der Waals surface area contributed by atoms with Crippen LogP contribution in [-0.4, -0.2) is 27.0 Å². The largest absolute Gasteiger partial charge is 0.358 e. The summed E-state index contributed by atoms with van der Waals surface area (Å²) < 4.78 is 2.25. The van der Waals surface area contributed by atoms with Crippen LogP contribution < -0.4 is 5.32 Å². The van der Waals surface area contributed by atoms with Crippen LogP contribution in [0.4, 0.5) is 0 Å². The fraction of sp³-hybridized carbons (Fsp3) is 0.273. The first-order chi connectivity index (χ1) is 34.0. The summed E-state index contributed by atoms with van der Waals surface area (Å²) in [6.07, 6.45) is 4.80. The van der Waals surface area contributed by atoms with Crippen molar-refractivity contribution in [2.45, 2.75) is 108 Å². The van der Waals surface area contributed by atoms with E-state index in [1.807, 2.05) is 19.1 Å². The molecule has 1 amide bonds. The number of fused-ring (bicyclic) bond motifs is 5. The van der Waals surface area contributed by atoms with Crippen molar-refractivity contribution >= 4 is 49.4 Å². The summed E-state index contributed by atoms with van der Waals surface area (Å²) in [5.41, 5.74) is 13.6. The third kappa shape index (κ3) is 15.6. The van der Waals surface area contributed by atoms with Crippen LogP contribution in [0.5, 0.6) is 0 Å². The van der Waals surface area contributed by atoms with E-state index in [0.29, 0.717) is 5.92 Å². The van der Waals surface area contributed by atoms with Gasteiger partial charge in [0.05, 0.1) is 11.0 Å². The molecule has 0 bridgehead atoms. The van der Waals surface area contributed by atoms with Gasteiger partial charge in [-0.1, -0.05) is 212 Å². The highest BCUT2D eigenvalue weighted by atomic mass is 16.1. The molecule has 11 rings (SSSR count). The summed E-state index contributed by atoms with van der Waals surface area (Å²) in [6, 6.07) is 66.2. The number of carbonyl (C=O) groups is 1. The van der Waals surface area contributed by atoms with E-state index < -0.39 is 0 Å². The van der Waals surface area contributed by atoms with Gasteiger partial charge in [-0.3, -0.25) is 4.79 Å². The molecule has 10 aromatic rings. The van der Waals surface area contributed by atoms with Gasteiger partial charge in [0.2, 0.25) is 5.91 Å². The number of imidazole rings is 1. The van der Waals surface area contributed by atoms with Gasteiger partial charge >= 0.3 is 0 Å². The minimum Gasteiger partial charge on any atom is -0.358 e. The Balaban J connectivity index is 0.000000161. The molecule has 0 radical (unpaired) electrons. The SMILES string of the molecule is C.CC(C)c1ccc2ccccc2c1.CC1Cc2ccccc2C1.CCNC(C)=O.CCc1c(C)[nH]c2ccccc12.CCc1cccc2ccccc12.Cc1nc2ccccc2n1Cc1ccccc1. The van der Waals surface area contributed by atoms with E-state index in [9.17, 15) is 4.79 Å². The number of para-hydroxylation sites is 3. The quantitative estimate of drug-likeness (QED) is 0.174. The van der Waals surface area contributed by atoms with Gasteiger partial charge in [0, 0.05) is 36.6 Å². The second-order valence-corrected chi connectivity index (χ2v) is 18.5. The maximum atomic E-state index is 9.93. The Kier molecular flexibility index (Phi) is 21.4. The van der Waals surface area contributed by atoms with E-state index in [0.717, 1.165) is 43.2 Å². The smallest absolute Gasteiger partial charge is 0.216 e. The zero-order chi connectivity index (χ0) is 49.8. The first-order valence-electron chi connectivity index (χ1n) is 25.3. The number of nitrogens with one attached hydrogen (secondary N) is 2. The Morgan fingerprint density at radius 1 is 0.648 bits per heavy atom. The number of carbonyl (C=O) groups excluding carboxylic acids is 1. The summed E-state index contributed by atoms with van der Waals surface area (Å²) in [5, 5.41) is 9.34. The van der Waals surface area contributed by atoms with Crippen molar-refractivity contribution in [1.29, 1.82) is 0 Å². The van der Waals surface area contributed by atoms with Crippen LogP contribution in [0.15, 0.2) is 188 Å². The number of aromatic amines is 1. The monoisotopic (exact) mass is 943 g/mol. The molecule has 71 heavy (non-hydrogen) atoms. The van der Waals surface area contributed by atoms with Crippen molar-refractivity contribution in [2.75, 3.05) is 6.54 Å². The van der Waals surface area contributed by atoms with Crippen LogP contribution in [0.25, 0.3) is 43.5 Å². The first-order valence-corrected chi connectivity index (χ1v) is 25.3. The third-order valence-electron chi connectivity index (χ3n) is 12.8. The van der Waals surface area contributed by atoms with Crippen molar-refractivity contribution in [3.63, 3.8) is 0 Å². The molecule has 1 aliphatic rings.